The van der Waals surface area contributed by atoms with Crippen LogP contribution >= 0.6 is 15.9 Å². The van der Waals surface area contributed by atoms with E-state index in [9.17, 15) is 0 Å². The molecular formula is C15H22BrN3. The van der Waals surface area contributed by atoms with Crippen LogP contribution in [0.3, 0.4) is 0 Å². The van der Waals surface area contributed by atoms with E-state index in [1.54, 1.807) is 0 Å². The monoisotopic (exact) mass is 323 g/mol. The molecule has 3 rings (SSSR count). The smallest absolute Gasteiger partial charge is 0.135 e. The fraction of sp³-hybridized carbons (Fsp3) is 0.733. The molecule has 1 aromatic rings. The zero-order valence-corrected chi connectivity index (χ0v) is 13.1. The van der Waals surface area contributed by atoms with Gasteiger partial charge in [0.2, 0.25) is 0 Å². The lowest BCUT2D eigenvalue weighted by Crippen LogP contribution is -2.21. The summed E-state index contributed by atoms with van der Waals surface area (Å²) in [5, 5.41) is 3.52. The molecular weight excluding hydrogens is 302 g/mol. The first-order chi connectivity index (χ1) is 9.20. The molecule has 1 N–H and O–H groups in total. The SMILES string of the molecule is CC1CCCC(CNc2cc(Br)nc(C3CC3)n2)C1. The Labute approximate surface area is 123 Å². The Kier molecular flexibility index (Phi) is 4.06. The first kappa shape index (κ1) is 13.3. The van der Waals surface area contributed by atoms with Crippen LogP contribution in [-0.2, 0) is 0 Å². The predicted octanol–water partition coefficient (Wildman–Crippen LogP) is 4.35. The van der Waals surface area contributed by atoms with E-state index < -0.39 is 0 Å². The van der Waals surface area contributed by atoms with Gasteiger partial charge in [0.25, 0.3) is 0 Å². The summed E-state index contributed by atoms with van der Waals surface area (Å²) >= 11 is 3.49. The second kappa shape index (κ2) is 5.78. The highest BCUT2D eigenvalue weighted by atomic mass is 79.9. The van der Waals surface area contributed by atoms with Crippen molar-refractivity contribution in [2.45, 2.75) is 51.4 Å². The molecule has 2 saturated carbocycles. The zero-order valence-electron chi connectivity index (χ0n) is 11.5. The second-order valence-electron chi connectivity index (χ2n) is 6.23. The maximum Gasteiger partial charge on any atom is 0.135 e. The number of anilines is 1. The van der Waals surface area contributed by atoms with Gasteiger partial charge in [0, 0.05) is 18.5 Å². The van der Waals surface area contributed by atoms with Gasteiger partial charge in [-0.25, -0.2) is 9.97 Å². The quantitative estimate of drug-likeness (QED) is 0.837. The van der Waals surface area contributed by atoms with Gasteiger partial charge in [0.1, 0.15) is 16.2 Å². The van der Waals surface area contributed by atoms with Crippen molar-refractivity contribution in [3.8, 4) is 0 Å². The minimum atomic E-state index is 0.604. The molecule has 2 aliphatic rings. The highest BCUT2D eigenvalue weighted by Crippen LogP contribution is 2.38. The van der Waals surface area contributed by atoms with Crippen LogP contribution in [-0.4, -0.2) is 16.5 Å². The number of hydrogen-bond acceptors (Lipinski definition) is 3. The number of rotatable bonds is 4. The van der Waals surface area contributed by atoms with E-state index in [4.69, 9.17) is 0 Å². The van der Waals surface area contributed by atoms with Gasteiger partial charge in [-0.1, -0.05) is 19.8 Å². The lowest BCUT2D eigenvalue weighted by atomic mass is 9.82. The van der Waals surface area contributed by atoms with Crippen LogP contribution in [0.25, 0.3) is 0 Å². The molecule has 0 saturated heterocycles. The molecule has 104 valence electrons. The Morgan fingerprint density at radius 1 is 1.26 bits per heavy atom. The maximum absolute atomic E-state index is 4.65. The van der Waals surface area contributed by atoms with Crippen molar-refractivity contribution in [2.24, 2.45) is 11.8 Å². The van der Waals surface area contributed by atoms with Crippen molar-refractivity contribution >= 4 is 21.7 Å². The van der Waals surface area contributed by atoms with E-state index in [1.807, 2.05) is 6.07 Å². The Morgan fingerprint density at radius 2 is 2.11 bits per heavy atom. The summed E-state index contributed by atoms with van der Waals surface area (Å²) < 4.78 is 0.906. The molecule has 4 heteroatoms. The highest BCUT2D eigenvalue weighted by Gasteiger charge is 2.27. The average molecular weight is 324 g/mol. The average Bonchev–Trinajstić information content (AvgIpc) is 3.20. The van der Waals surface area contributed by atoms with Crippen LogP contribution < -0.4 is 5.32 Å². The highest BCUT2D eigenvalue weighted by molar-refractivity contribution is 9.10. The summed E-state index contributed by atoms with van der Waals surface area (Å²) in [6, 6.07) is 2.00. The van der Waals surface area contributed by atoms with E-state index >= 15 is 0 Å². The van der Waals surface area contributed by atoms with Crippen LogP contribution in [0.15, 0.2) is 10.7 Å². The lowest BCUT2D eigenvalue weighted by Gasteiger charge is -2.27. The molecule has 0 aliphatic heterocycles. The third-order valence-electron chi connectivity index (χ3n) is 4.27. The van der Waals surface area contributed by atoms with Crippen LogP contribution in [0.1, 0.15) is 57.2 Å². The summed E-state index contributed by atoms with van der Waals surface area (Å²) in [6.45, 7) is 3.43. The molecule has 0 bridgehead atoms. The maximum atomic E-state index is 4.65. The zero-order chi connectivity index (χ0) is 13.2. The third kappa shape index (κ3) is 3.68. The van der Waals surface area contributed by atoms with Crippen molar-refractivity contribution in [1.82, 2.24) is 9.97 Å². The third-order valence-corrected chi connectivity index (χ3v) is 4.68. The largest absolute Gasteiger partial charge is 0.370 e. The van der Waals surface area contributed by atoms with Gasteiger partial charge in [0.15, 0.2) is 0 Å². The van der Waals surface area contributed by atoms with Gasteiger partial charge < -0.3 is 5.32 Å². The molecule has 2 fully saturated rings. The first-order valence-electron chi connectivity index (χ1n) is 7.49. The summed E-state index contributed by atoms with van der Waals surface area (Å²) in [6.07, 6.45) is 8.00. The Bertz CT molecular complexity index is 445. The lowest BCUT2D eigenvalue weighted by molar-refractivity contribution is 0.293. The second-order valence-corrected chi connectivity index (χ2v) is 7.04. The molecule has 0 amide bonds. The van der Waals surface area contributed by atoms with Crippen molar-refractivity contribution < 1.29 is 0 Å². The van der Waals surface area contributed by atoms with Gasteiger partial charge in [-0.2, -0.15) is 0 Å². The van der Waals surface area contributed by atoms with Crippen molar-refractivity contribution in [1.29, 1.82) is 0 Å². The molecule has 2 atom stereocenters. The first-order valence-corrected chi connectivity index (χ1v) is 8.28. The Hall–Kier alpha value is -0.640. The molecule has 1 heterocycles. The summed E-state index contributed by atoms with van der Waals surface area (Å²) in [4.78, 5) is 9.12. The topological polar surface area (TPSA) is 37.8 Å². The molecule has 2 aliphatic carbocycles. The normalized spacial score (nSPS) is 27.3. The predicted molar refractivity (Wildman–Crippen MR) is 81.3 cm³/mol. The van der Waals surface area contributed by atoms with Gasteiger partial charge in [-0.05, 0) is 53.4 Å². The van der Waals surface area contributed by atoms with Crippen LogP contribution in [0, 0.1) is 11.8 Å². The molecule has 0 aromatic carbocycles. The van der Waals surface area contributed by atoms with Crippen molar-refractivity contribution in [2.75, 3.05) is 11.9 Å². The van der Waals surface area contributed by atoms with Crippen LogP contribution in [0.2, 0.25) is 0 Å². The number of nitrogens with zero attached hydrogens (tertiary/aromatic N) is 2. The number of hydrogen-bond donors (Lipinski definition) is 1. The fourth-order valence-corrected chi connectivity index (χ4v) is 3.44. The van der Waals surface area contributed by atoms with Gasteiger partial charge in [0.05, 0.1) is 0 Å². The molecule has 1 aromatic heterocycles. The van der Waals surface area contributed by atoms with Gasteiger partial charge in [-0.3, -0.25) is 0 Å². The molecule has 2 unspecified atom stereocenters. The van der Waals surface area contributed by atoms with E-state index in [0.717, 1.165) is 34.6 Å². The van der Waals surface area contributed by atoms with Crippen LogP contribution in [0.5, 0.6) is 0 Å². The molecule has 3 nitrogen and oxygen atoms in total. The molecule has 19 heavy (non-hydrogen) atoms. The van der Waals surface area contributed by atoms with Crippen molar-refractivity contribution in [3.63, 3.8) is 0 Å². The van der Waals surface area contributed by atoms with Gasteiger partial charge >= 0.3 is 0 Å². The van der Waals surface area contributed by atoms with E-state index in [0.29, 0.717) is 5.92 Å². The van der Waals surface area contributed by atoms with E-state index in [-0.39, 0.29) is 0 Å². The fourth-order valence-electron chi connectivity index (χ4n) is 3.04. The van der Waals surface area contributed by atoms with Gasteiger partial charge in [-0.15, -0.1) is 0 Å². The summed E-state index contributed by atoms with van der Waals surface area (Å²) in [5.41, 5.74) is 0. The molecule has 0 spiro atoms. The van der Waals surface area contributed by atoms with E-state index in [2.05, 4.69) is 38.1 Å². The Balaban J connectivity index is 1.59. The summed E-state index contributed by atoms with van der Waals surface area (Å²) in [5.74, 6) is 4.30. The minimum absolute atomic E-state index is 0.604. The Morgan fingerprint density at radius 3 is 2.84 bits per heavy atom. The summed E-state index contributed by atoms with van der Waals surface area (Å²) in [7, 11) is 0. The number of aromatic nitrogens is 2. The van der Waals surface area contributed by atoms with Crippen molar-refractivity contribution in [3.05, 3.63) is 16.5 Å². The van der Waals surface area contributed by atoms with Crippen LogP contribution in [0.4, 0.5) is 5.82 Å². The standard InChI is InChI=1S/C15H22BrN3/c1-10-3-2-4-11(7-10)9-17-14-8-13(16)18-15(19-14)12-5-6-12/h8,10-12H,2-7,9H2,1H3,(H,17,18,19). The minimum Gasteiger partial charge on any atom is -0.370 e. The number of nitrogens with one attached hydrogen (secondary N) is 1. The number of halogens is 1. The molecule has 0 radical (unpaired) electrons. The van der Waals surface area contributed by atoms with E-state index in [1.165, 1.54) is 38.5 Å².